The molecule has 1 aliphatic carbocycles. The fraction of sp³-hybridized carbons (Fsp3) is 0.412. The molecule has 3 rings (SSSR count). The number of nitrogens with zero attached hydrogens (tertiary/aromatic N) is 2. The van der Waals surface area contributed by atoms with Gasteiger partial charge in [-0.2, -0.15) is 0 Å². The van der Waals surface area contributed by atoms with Crippen LogP contribution in [0.4, 0.5) is 5.82 Å². The smallest absolute Gasteiger partial charge is 0.162 e. The van der Waals surface area contributed by atoms with Gasteiger partial charge in [0.2, 0.25) is 0 Å². The van der Waals surface area contributed by atoms with Crippen LogP contribution in [0.2, 0.25) is 0 Å². The largest absolute Gasteiger partial charge is 0.384 e. The zero-order valence-electron chi connectivity index (χ0n) is 12.1. The minimum Gasteiger partial charge on any atom is -0.384 e. The summed E-state index contributed by atoms with van der Waals surface area (Å²) in [5.74, 6) is 2.60. The van der Waals surface area contributed by atoms with Crippen molar-refractivity contribution in [1.29, 1.82) is 0 Å². The van der Waals surface area contributed by atoms with Crippen molar-refractivity contribution < 1.29 is 0 Å². The van der Waals surface area contributed by atoms with Crippen LogP contribution in [0.15, 0.2) is 30.3 Å². The fourth-order valence-corrected chi connectivity index (χ4v) is 2.61. The monoisotopic (exact) mass is 267 g/mol. The van der Waals surface area contributed by atoms with Gasteiger partial charge < -0.3 is 5.73 Å². The van der Waals surface area contributed by atoms with Gasteiger partial charge in [0, 0.05) is 17.3 Å². The lowest BCUT2D eigenvalue weighted by Crippen LogP contribution is -2.04. The maximum atomic E-state index is 5.96. The summed E-state index contributed by atoms with van der Waals surface area (Å²) in [5, 5.41) is 0. The Morgan fingerprint density at radius 1 is 1.20 bits per heavy atom. The minimum absolute atomic E-state index is 0.566. The van der Waals surface area contributed by atoms with Crippen molar-refractivity contribution in [3.63, 3.8) is 0 Å². The predicted octanol–water partition coefficient (Wildman–Crippen LogP) is 3.80. The summed E-state index contributed by atoms with van der Waals surface area (Å²) in [5.41, 5.74) is 9.51. The predicted molar refractivity (Wildman–Crippen MR) is 82.4 cm³/mol. The van der Waals surface area contributed by atoms with Crippen LogP contribution in [0.25, 0.3) is 11.4 Å². The number of nitrogens with two attached hydrogens (primary N) is 1. The second-order valence-corrected chi connectivity index (χ2v) is 6.07. The van der Waals surface area contributed by atoms with Crippen molar-refractivity contribution in [3.8, 4) is 11.4 Å². The lowest BCUT2D eigenvalue weighted by Gasteiger charge is -2.11. The Kier molecular flexibility index (Phi) is 3.43. The number of aromatic nitrogens is 2. The third kappa shape index (κ3) is 2.82. The van der Waals surface area contributed by atoms with E-state index >= 15 is 0 Å². The number of hydrogen-bond acceptors (Lipinski definition) is 3. The molecule has 3 heteroatoms. The summed E-state index contributed by atoms with van der Waals surface area (Å²) in [4.78, 5) is 9.17. The van der Waals surface area contributed by atoms with Crippen LogP contribution >= 0.6 is 0 Å². The molecule has 1 heterocycles. The molecule has 0 amide bonds. The molecule has 20 heavy (non-hydrogen) atoms. The molecule has 2 aromatic rings. The highest BCUT2D eigenvalue weighted by molar-refractivity contribution is 5.63. The standard InChI is InChI=1S/C17H21N3/c1-11(2)9-13-10-16(18)20-17(19-13)15-6-4-3-5-14(15)12-7-8-12/h3-6,10-12H,7-9H2,1-2H3,(H2,18,19,20). The Hall–Kier alpha value is -1.90. The van der Waals surface area contributed by atoms with Crippen molar-refractivity contribution in [2.75, 3.05) is 5.73 Å². The quantitative estimate of drug-likeness (QED) is 0.916. The van der Waals surface area contributed by atoms with Gasteiger partial charge in [-0.15, -0.1) is 0 Å². The maximum absolute atomic E-state index is 5.96. The molecule has 0 unspecified atom stereocenters. The molecule has 0 saturated heterocycles. The number of hydrogen-bond donors (Lipinski definition) is 1. The first-order valence-electron chi connectivity index (χ1n) is 7.36. The lowest BCUT2D eigenvalue weighted by molar-refractivity contribution is 0.635. The molecule has 3 nitrogen and oxygen atoms in total. The van der Waals surface area contributed by atoms with E-state index in [-0.39, 0.29) is 0 Å². The van der Waals surface area contributed by atoms with Crippen molar-refractivity contribution in [2.45, 2.75) is 39.0 Å². The first-order chi connectivity index (χ1) is 9.63. The van der Waals surface area contributed by atoms with E-state index in [1.807, 2.05) is 6.07 Å². The minimum atomic E-state index is 0.566. The van der Waals surface area contributed by atoms with Crippen LogP contribution in [-0.4, -0.2) is 9.97 Å². The van der Waals surface area contributed by atoms with E-state index in [0.717, 1.165) is 23.5 Å². The topological polar surface area (TPSA) is 51.8 Å². The van der Waals surface area contributed by atoms with E-state index in [0.29, 0.717) is 17.7 Å². The molecule has 0 atom stereocenters. The van der Waals surface area contributed by atoms with E-state index in [4.69, 9.17) is 10.7 Å². The van der Waals surface area contributed by atoms with E-state index in [9.17, 15) is 0 Å². The molecular weight excluding hydrogens is 246 g/mol. The second kappa shape index (κ2) is 5.23. The van der Waals surface area contributed by atoms with Crippen molar-refractivity contribution in [2.24, 2.45) is 5.92 Å². The molecule has 2 N–H and O–H groups in total. The van der Waals surface area contributed by atoms with Gasteiger partial charge in [-0.1, -0.05) is 38.1 Å². The second-order valence-electron chi connectivity index (χ2n) is 6.07. The SMILES string of the molecule is CC(C)Cc1cc(N)nc(-c2ccccc2C2CC2)n1. The Labute approximate surface area is 120 Å². The van der Waals surface area contributed by atoms with Gasteiger partial charge >= 0.3 is 0 Å². The third-order valence-electron chi connectivity index (χ3n) is 3.64. The molecule has 104 valence electrons. The Balaban J connectivity index is 2.03. The summed E-state index contributed by atoms with van der Waals surface area (Å²) in [6.07, 6.45) is 3.49. The highest BCUT2D eigenvalue weighted by Gasteiger charge is 2.26. The van der Waals surface area contributed by atoms with Gasteiger partial charge in [0.05, 0.1) is 0 Å². The average Bonchev–Trinajstić information content (AvgIpc) is 3.21. The molecule has 1 fully saturated rings. The highest BCUT2D eigenvalue weighted by atomic mass is 14.9. The van der Waals surface area contributed by atoms with Gasteiger partial charge in [-0.05, 0) is 36.7 Å². The van der Waals surface area contributed by atoms with Crippen molar-refractivity contribution >= 4 is 5.82 Å². The highest BCUT2D eigenvalue weighted by Crippen LogP contribution is 2.43. The van der Waals surface area contributed by atoms with Gasteiger partial charge in [0.1, 0.15) is 5.82 Å². The van der Waals surface area contributed by atoms with Crippen LogP contribution < -0.4 is 5.73 Å². The van der Waals surface area contributed by atoms with Crippen LogP contribution in [-0.2, 0) is 6.42 Å². The number of anilines is 1. The number of nitrogen functional groups attached to an aromatic ring is 1. The molecule has 0 radical (unpaired) electrons. The molecule has 0 spiro atoms. The normalized spacial score (nSPS) is 14.8. The summed E-state index contributed by atoms with van der Waals surface area (Å²) in [6.45, 7) is 4.38. The summed E-state index contributed by atoms with van der Waals surface area (Å²) < 4.78 is 0. The molecule has 1 saturated carbocycles. The Bertz CT molecular complexity index is 615. The molecule has 0 aliphatic heterocycles. The summed E-state index contributed by atoms with van der Waals surface area (Å²) in [7, 11) is 0. The van der Waals surface area contributed by atoms with E-state index in [2.05, 4.69) is 43.1 Å². The van der Waals surface area contributed by atoms with E-state index in [1.165, 1.54) is 18.4 Å². The van der Waals surface area contributed by atoms with Crippen LogP contribution in [0.1, 0.15) is 43.9 Å². The molecule has 1 aromatic heterocycles. The fourth-order valence-electron chi connectivity index (χ4n) is 2.61. The van der Waals surface area contributed by atoms with Crippen LogP contribution in [0, 0.1) is 5.92 Å². The molecular formula is C17H21N3. The van der Waals surface area contributed by atoms with Gasteiger partial charge in [-0.3, -0.25) is 0 Å². The summed E-state index contributed by atoms with van der Waals surface area (Å²) >= 11 is 0. The molecule has 0 bridgehead atoms. The van der Waals surface area contributed by atoms with Crippen molar-refractivity contribution in [1.82, 2.24) is 9.97 Å². The van der Waals surface area contributed by atoms with Gasteiger partial charge in [-0.25, -0.2) is 9.97 Å². The number of rotatable bonds is 4. The van der Waals surface area contributed by atoms with E-state index in [1.54, 1.807) is 0 Å². The average molecular weight is 267 g/mol. The lowest BCUT2D eigenvalue weighted by atomic mass is 10.0. The Morgan fingerprint density at radius 3 is 2.65 bits per heavy atom. The van der Waals surface area contributed by atoms with E-state index < -0.39 is 0 Å². The maximum Gasteiger partial charge on any atom is 0.162 e. The Morgan fingerprint density at radius 2 is 1.95 bits per heavy atom. The zero-order chi connectivity index (χ0) is 14.1. The van der Waals surface area contributed by atoms with Gasteiger partial charge in [0.25, 0.3) is 0 Å². The first-order valence-corrected chi connectivity index (χ1v) is 7.36. The summed E-state index contributed by atoms with van der Waals surface area (Å²) in [6, 6.07) is 10.3. The van der Waals surface area contributed by atoms with Gasteiger partial charge in [0.15, 0.2) is 5.82 Å². The van der Waals surface area contributed by atoms with Crippen LogP contribution in [0.3, 0.4) is 0 Å². The zero-order valence-corrected chi connectivity index (χ0v) is 12.1. The van der Waals surface area contributed by atoms with Crippen LogP contribution in [0.5, 0.6) is 0 Å². The molecule has 1 aromatic carbocycles. The first kappa shape index (κ1) is 13.1. The van der Waals surface area contributed by atoms with Crippen molar-refractivity contribution in [3.05, 3.63) is 41.6 Å². The molecule has 1 aliphatic rings. The third-order valence-corrected chi connectivity index (χ3v) is 3.64. The number of benzene rings is 1.